The first-order valence-electron chi connectivity index (χ1n) is 5.96. The number of hydrogen-bond acceptors (Lipinski definition) is 3. The summed E-state index contributed by atoms with van der Waals surface area (Å²) in [4.78, 5) is 3.97. The van der Waals surface area contributed by atoms with Crippen molar-refractivity contribution in [1.29, 1.82) is 0 Å². The number of rotatable bonds is 3. The fourth-order valence-corrected chi connectivity index (χ4v) is 2.49. The summed E-state index contributed by atoms with van der Waals surface area (Å²) in [6.07, 6.45) is 5.79. The standard InChI is InChI=1S/C12H17ClFN3/c13-9-5-11(14)12(16-7-9)17-10-3-1-2-8(4-10)6-15/h5,7-8,10H,1-4,6,15H2,(H,16,17). The Morgan fingerprint density at radius 1 is 1.53 bits per heavy atom. The average Bonchev–Trinajstić information content (AvgIpc) is 2.33. The van der Waals surface area contributed by atoms with Crippen molar-refractivity contribution in [3.8, 4) is 0 Å². The fraction of sp³-hybridized carbons (Fsp3) is 0.583. The molecule has 1 heterocycles. The van der Waals surface area contributed by atoms with Crippen LogP contribution in [-0.4, -0.2) is 17.6 Å². The van der Waals surface area contributed by atoms with Crippen molar-refractivity contribution in [2.24, 2.45) is 11.7 Å². The maximum absolute atomic E-state index is 13.6. The van der Waals surface area contributed by atoms with Crippen molar-refractivity contribution in [3.63, 3.8) is 0 Å². The van der Waals surface area contributed by atoms with Gasteiger partial charge in [-0.1, -0.05) is 18.0 Å². The lowest BCUT2D eigenvalue weighted by Gasteiger charge is -2.29. The number of anilines is 1. The number of nitrogens with two attached hydrogens (primary N) is 1. The molecule has 0 saturated heterocycles. The molecule has 5 heteroatoms. The van der Waals surface area contributed by atoms with Gasteiger partial charge < -0.3 is 11.1 Å². The molecule has 1 aliphatic carbocycles. The molecular weight excluding hydrogens is 241 g/mol. The molecule has 2 unspecified atom stereocenters. The van der Waals surface area contributed by atoms with Gasteiger partial charge in [0.2, 0.25) is 0 Å². The third kappa shape index (κ3) is 3.30. The highest BCUT2D eigenvalue weighted by Crippen LogP contribution is 2.26. The van der Waals surface area contributed by atoms with Gasteiger partial charge in [0, 0.05) is 12.2 Å². The molecule has 0 spiro atoms. The third-order valence-corrected chi connectivity index (χ3v) is 3.47. The quantitative estimate of drug-likeness (QED) is 0.876. The molecule has 17 heavy (non-hydrogen) atoms. The minimum atomic E-state index is -0.396. The van der Waals surface area contributed by atoms with Gasteiger partial charge in [-0.05, 0) is 37.8 Å². The summed E-state index contributed by atoms with van der Waals surface area (Å²) in [5, 5.41) is 3.46. The van der Waals surface area contributed by atoms with Gasteiger partial charge in [-0.15, -0.1) is 0 Å². The average molecular weight is 258 g/mol. The van der Waals surface area contributed by atoms with Crippen molar-refractivity contribution < 1.29 is 4.39 Å². The van der Waals surface area contributed by atoms with E-state index >= 15 is 0 Å². The molecule has 0 radical (unpaired) electrons. The highest BCUT2D eigenvalue weighted by atomic mass is 35.5. The molecule has 0 bridgehead atoms. The second-order valence-corrected chi connectivity index (χ2v) is 5.03. The van der Waals surface area contributed by atoms with Crippen LogP contribution in [0.5, 0.6) is 0 Å². The zero-order valence-corrected chi connectivity index (χ0v) is 10.4. The first-order chi connectivity index (χ1) is 8.19. The number of hydrogen-bond donors (Lipinski definition) is 2. The molecule has 0 amide bonds. The number of nitrogens with zero attached hydrogens (tertiary/aromatic N) is 1. The molecule has 1 aromatic rings. The van der Waals surface area contributed by atoms with Crippen LogP contribution in [0.3, 0.4) is 0 Å². The zero-order chi connectivity index (χ0) is 12.3. The van der Waals surface area contributed by atoms with Crippen LogP contribution < -0.4 is 11.1 Å². The Kier molecular flexibility index (Phi) is 4.18. The van der Waals surface area contributed by atoms with Crippen LogP contribution in [0.1, 0.15) is 25.7 Å². The SMILES string of the molecule is NCC1CCCC(Nc2ncc(Cl)cc2F)C1. The minimum absolute atomic E-state index is 0.264. The van der Waals surface area contributed by atoms with E-state index in [4.69, 9.17) is 17.3 Å². The van der Waals surface area contributed by atoms with E-state index < -0.39 is 5.82 Å². The molecule has 0 aliphatic heterocycles. The van der Waals surface area contributed by atoms with Crippen LogP contribution in [0.15, 0.2) is 12.3 Å². The van der Waals surface area contributed by atoms with E-state index in [1.807, 2.05) is 0 Å². The summed E-state index contributed by atoms with van der Waals surface area (Å²) >= 11 is 5.66. The van der Waals surface area contributed by atoms with E-state index in [9.17, 15) is 4.39 Å². The van der Waals surface area contributed by atoms with Crippen LogP contribution in [0.2, 0.25) is 5.02 Å². The summed E-state index contributed by atoms with van der Waals surface area (Å²) in [7, 11) is 0. The van der Waals surface area contributed by atoms with Crippen LogP contribution in [0.4, 0.5) is 10.2 Å². The second-order valence-electron chi connectivity index (χ2n) is 4.59. The topological polar surface area (TPSA) is 50.9 Å². The predicted molar refractivity (Wildman–Crippen MR) is 67.6 cm³/mol. The summed E-state index contributed by atoms with van der Waals surface area (Å²) in [6.45, 7) is 0.703. The highest BCUT2D eigenvalue weighted by molar-refractivity contribution is 6.30. The first-order valence-corrected chi connectivity index (χ1v) is 6.34. The summed E-state index contributed by atoms with van der Waals surface area (Å²) < 4.78 is 13.6. The molecule has 0 aromatic carbocycles. The third-order valence-electron chi connectivity index (χ3n) is 3.26. The van der Waals surface area contributed by atoms with Crippen molar-refractivity contribution in [1.82, 2.24) is 4.98 Å². The lowest BCUT2D eigenvalue weighted by molar-refractivity contribution is 0.341. The van der Waals surface area contributed by atoms with E-state index in [0.29, 0.717) is 17.5 Å². The number of aromatic nitrogens is 1. The molecule has 2 rings (SSSR count). The first kappa shape index (κ1) is 12.6. The molecular formula is C12H17ClFN3. The summed E-state index contributed by atoms with van der Waals surface area (Å²) in [6, 6.07) is 1.54. The maximum Gasteiger partial charge on any atom is 0.166 e. The van der Waals surface area contributed by atoms with Gasteiger partial charge in [0.1, 0.15) is 0 Å². The highest BCUT2D eigenvalue weighted by Gasteiger charge is 2.21. The summed E-state index contributed by atoms with van der Waals surface area (Å²) in [5.74, 6) is 0.432. The molecule has 2 atom stereocenters. The van der Waals surface area contributed by atoms with Gasteiger partial charge in [-0.25, -0.2) is 9.37 Å². The van der Waals surface area contributed by atoms with E-state index in [0.717, 1.165) is 19.3 Å². The van der Waals surface area contributed by atoms with Crippen molar-refractivity contribution in [2.45, 2.75) is 31.7 Å². The fourth-order valence-electron chi connectivity index (χ4n) is 2.35. The molecule has 94 valence electrons. The molecule has 1 fully saturated rings. The zero-order valence-electron chi connectivity index (χ0n) is 9.63. The lowest BCUT2D eigenvalue weighted by atomic mass is 9.86. The molecule has 3 N–H and O–H groups in total. The van der Waals surface area contributed by atoms with Gasteiger partial charge in [0.25, 0.3) is 0 Å². The Bertz CT molecular complexity index is 386. The van der Waals surface area contributed by atoms with Crippen molar-refractivity contribution >= 4 is 17.4 Å². The molecule has 1 aromatic heterocycles. The van der Waals surface area contributed by atoms with Crippen molar-refractivity contribution in [2.75, 3.05) is 11.9 Å². The predicted octanol–water partition coefficient (Wildman–Crippen LogP) is 2.80. The van der Waals surface area contributed by atoms with E-state index in [2.05, 4.69) is 10.3 Å². The van der Waals surface area contributed by atoms with Gasteiger partial charge >= 0.3 is 0 Å². The van der Waals surface area contributed by atoms with Gasteiger partial charge in [0.05, 0.1) is 5.02 Å². The second kappa shape index (κ2) is 5.65. The minimum Gasteiger partial charge on any atom is -0.365 e. The Morgan fingerprint density at radius 2 is 2.35 bits per heavy atom. The Labute approximate surface area is 106 Å². The van der Waals surface area contributed by atoms with Gasteiger partial charge in [-0.3, -0.25) is 0 Å². The normalized spacial score (nSPS) is 24.6. The van der Waals surface area contributed by atoms with Gasteiger partial charge in [-0.2, -0.15) is 0 Å². The van der Waals surface area contributed by atoms with Crippen molar-refractivity contribution in [3.05, 3.63) is 23.1 Å². The van der Waals surface area contributed by atoms with Gasteiger partial charge in [0.15, 0.2) is 11.6 Å². The smallest absolute Gasteiger partial charge is 0.166 e. The lowest BCUT2D eigenvalue weighted by Crippen LogP contribution is -2.31. The largest absolute Gasteiger partial charge is 0.365 e. The molecule has 1 saturated carbocycles. The molecule has 3 nitrogen and oxygen atoms in total. The Morgan fingerprint density at radius 3 is 3.06 bits per heavy atom. The molecule has 1 aliphatic rings. The number of pyridine rings is 1. The Balaban J connectivity index is 2.00. The van der Waals surface area contributed by atoms with E-state index in [1.165, 1.54) is 18.7 Å². The maximum atomic E-state index is 13.6. The van der Waals surface area contributed by atoms with Crippen LogP contribution in [0.25, 0.3) is 0 Å². The van der Waals surface area contributed by atoms with Crippen LogP contribution in [-0.2, 0) is 0 Å². The number of halogens is 2. The van der Waals surface area contributed by atoms with Crippen LogP contribution >= 0.6 is 11.6 Å². The monoisotopic (exact) mass is 257 g/mol. The van der Waals surface area contributed by atoms with E-state index in [1.54, 1.807) is 0 Å². The number of nitrogens with one attached hydrogen (secondary N) is 1. The summed E-state index contributed by atoms with van der Waals surface area (Å²) in [5.41, 5.74) is 5.67. The van der Waals surface area contributed by atoms with E-state index in [-0.39, 0.29) is 11.9 Å². The van der Waals surface area contributed by atoms with Crippen LogP contribution in [0, 0.1) is 11.7 Å². The Hall–Kier alpha value is -0.870.